The van der Waals surface area contributed by atoms with Gasteiger partial charge in [0, 0.05) is 46.2 Å². The third-order valence-corrected chi connectivity index (χ3v) is 11.1. The van der Waals surface area contributed by atoms with Crippen LogP contribution in [0.2, 0.25) is 0 Å². The topological polar surface area (TPSA) is 178 Å². The Morgan fingerprint density at radius 2 is 0.793 bits per heavy atom. The molecule has 0 saturated carbocycles. The Hall–Kier alpha value is -6.07. The number of sulfone groups is 2. The van der Waals surface area contributed by atoms with Gasteiger partial charge in [0.15, 0.2) is 19.7 Å². The highest BCUT2D eigenvalue weighted by molar-refractivity contribution is 7.93. The summed E-state index contributed by atoms with van der Waals surface area (Å²) in [5, 5.41) is 2.12. The zero-order valence-electron chi connectivity index (χ0n) is 33.4. The van der Waals surface area contributed by atoms with Gasteiger partial charge < -0.3 is 47.4 Å². The van der Waals surface area contributed by atoms with Crippen LogP contribution in [0.3, 0.4) is 0 Å². The van der Waals surface area contributed by atoms with Gasteiger partial charge in [0.25, 0.3) is 0 Å². The molecule has 0 aromatic heterocycles. The molecule has 4 aromatic carbocycles. The van der Waals surface area contributed by atoms with Crippen LogP contribution in [0.25, 0.3) is 12.2 Å². The van der Waals surface area contributed by atoms with E-state index >= 15 is 0 Å². The maximum absolute atomic E-state index is 13.2. The molecule has 0 bridgehead atoms. The summed E-state index contributed by atoms with van der Waals surface area (Å²) in [4.78, 5) is 12.8. The van der Waals surface area contributed by atoms with Gasteiger partial charge in [-0.2, -0.15) is 0 Å². The lowest BCUT2D eigenvalue weighted by Gasteiger charge is -2.13. The molecule has 0 aliphatic heterocycles. The largest absolute Gasteiger partial charge is 0.508 e. The number of carbonyl (C=O) groups is 1. The Bertz CT molecular complexity index is 2140. The van der Waals surface area contributed by atoms with E-state index in [0.717, 1.165) is 10.8 Å². The minimum atomic E-state index is -3.82. The molecule has 0 N–H and O–H groups in total. The first-order valence-corrected chi connectivity index (χ1v) is 20.7. The standard InChI is InChI=1S/C41H46O15S2/c1-47-31-19-37(51-5)33(38(20-31)52-6)13-15-57(43,44)25-27-9-11-35(49-3)29(17-27)23-55-41(42)56-24-30-18-28(10-12-36(30)50-4)26-58(45,46)16-14-34-39(53-7)21-32(48-2)22-40(34)54-8/h9-22H,23-26H2,1-8H3/b15-13+,16-14+. The van der Waals surface area contributed by atoms with Gasteiger partial charge in [-0.25, -0.2) is 21.6 Å². The van der Waals surface area contributed by atoms with E-state index in [-0.39, 0.29) is 24.7 Å². The van der Waals surface area contributed by atoms with Crippen molar-refractivity contribution in [2.45, 2.75) is 24.7 Å². The minimum Gasteiger partial charge on any atom is -0.496 e. The number of hydrogen-bond acceptors (Lipinski definition) is 15. The molecule has 0 unspecified atom stereocenters. The second-order valence-corrected chi connectivity index (χ2v) is 16.0. The molecule has 0 saturated heterocycles. The van der Waals surface area contributed by atoms with E-state index in [4.69, 9.17) is 47.4 Å². The molecule has 0 aliphatic rings. The molecule has 0 atom stereocenters. The summed E-state index contributed by atoms with van der Waals surface area (Å²) in [6.45, 7) is -0.616. The molecular formula is C41H46O15S2. The third-order valence-electron chi connectivity index (χ3n) is 8.51. The maximum Gasteiger partial charge on any atom is 0.508 e. The number of rotatable bonds is 20. The van der Waals surface area contributed by atoms with Gasteiger partial charge in [-0.05, 0) is 47.5 Å². The van der Waals surface area contributed by atoms with Gasteiger partial charge in [0.1, 0.15) is 59.2 Å². The average molecular weight is 843 g/mol. The lowest BCUT2D eigenvalue weighted by Crippen LogP contribution is -2.10. The second-order valence-electron chi connectivity index (χ2n) is 12.2. The summed E-state index contributed by atoms with van der Waals surface area (Å²) in [6.07, 6.45) is 1.72. The first-order valence-electron chi connectivity index (χ1n) is 17.2. The SMILES string of the molecule is COc1cc(OC)c(/C=C/S(=O)(=O)Cc2ccc(OC)c(COC(=O)OCc3cc(CS(=O)(=O)/C=C/c4c(OC)cc(OC)cc4OC)ccc3OC)c2)c(OC)c1. The summed E-state index contributed by atoms with van der Waals surface area (Å²) in [5.41, 5.74) is 2.40. The predicted octanol–water partition coefficient (Wildman–Crippen LogP) is 6.78. The van der Waals surface area contributed by atoms with E-state index in [9.17, 15) is 21.6 Å². The number of hydrogen-bond donors (Lipinski definition) is 0. The quantitative estimate of drug-likeness (QED) is 0.0850. The summed E-state index contributed by atoms with van der Waals surface area (Å²) in [7, 11) is 3.99. The molecule has 0 spiro atoms. The van der Waals surface area contributed by atoms with Crippen molar-refractivity contribution in [3.8, 4) is 46.0 Å². The number of ether oxygens (including phenoxy) is 10. The van der Waals surface area contributed by atoms with Gasteiger partial charge in [-0.1, -0.05) is 12.1 Å². The van der Waals surface area contributed by atoms with Crippen LogP contribution < -0.4 is 37.9 Å². The highest BCUT2D eigenvalue weighted by atomic mass is 32.2. The zero-order chi connectivity index (χ0) is 42.5. The van der Waals surface area contributed by atoms with Gasteiger partial charge in [0.05, 0.1) is 79.5 Å². The highest BCUT2D eigenvalue weighted by Gasteiger charge is 2.18. The Balaban J connectivity index is 1.42. The lowest BCUT2D eigenvalue weighted by molar-refractivity contribution is 0.0437. The van der Waals surface area contributed by atoms with E-state index in [1.165, 1.54) is 69.0 Å². The smallest absolute Gasteiger partial charge is 0.496 e. The van der Waals surface area contributed by atoms with Gasteiger partial charge in [0.2, 0.25) is 0 Å². The van der Waals surface area contributed by atoms with Crippen molar-refractivity contribution in [3.05, 3.63) is 105 Å². The van der Waals surface area contributed by atoms with Crippen molar-refractivity contribution in [2.75, 3.05) is 56.9 Å². The molecule has 4 rings (SSSR count). The van der Waals surface area contributed by atoms with Gasteiger partial charge in [-0.3, -0.25) is 0 Å². The molecule has 312 valence electrons. The van der Waals surface area contributed by atoms with Crippen LogP contribution in [-0.4, -0.2) is 79.9 Å². The average Bonchev–Trinajstić information content (AvgIpc) is 3.22. The fourth-order valence-corrected chi connectivity index (χ4v) is 7.85. The summed E-state index contributed by atoms with van der Waals surface area (Å²) in [5.74, 6) is 2.32. The van der Waals surface area contributed by atoms with Crippen LogP contribution >= 0.6 is 0 Å². The fourth-order valence-electron chi connectivity index (χ4n) is 5.68. The third kappa shape index (κ3) is 12.0. The fraction of sp³-hybridized carbons (Fsp3) is 0.293. The van der Waals surface area contributed by atoms with Gasteiger partial charge >= 0.3 is 6.16 Å². The molecule has 4 aromatic rings. The number of benzene rings is 4. The van der Waals surface area contributed by atoms with Crippen molar-refractivity contribution in [3.63, 3.8) is 0 Å². The Kier molecular flexibility index (Phi) is 15.7. The summed E-state index contributed by atoms with van der Waals surface area (Å²) >= 11 is 0. The lowest BCUT2D eigenvalue weighted by atomic mass is 10.1. The molecule has 58 heavy (non-hydrogen) atoms. The molecule has 0 radical (unpaired) electrons. The number of carbonyl (C=O) groups excluding carboxylic acids is 1. The molecule has 17 heteroatoms. The van der Waals surface area contributed by atoms with Gasteiger partial charge in [-0.15, -0.1) is 0 Å². The van der Waals surface area contributed by atoms with Crippen molar-refractivity contribution in [1.29, 1.82) is 0 Å². The maximum atomic E-state index is 13.2. The van der Waals surface area contributed by atoms with Crippen molar-refractivity contribution >= 4 is 38.0 Å². The molecular weight excluding hydrogens is 797 g/mol. The Labute approximate surface area is 338 Å². The van der Waals surface area contributed by atoms with Crippen molar-refractivity contribution < 1.29 is 69.0 Å². The van der Waals surface area contributed by atoms with E-state index in [1.807, 2.05) is 0 Å². The molecule has 0 heterocycles. The minimum absolute atomic E-state index is 0.308. The Morgan fingerprint density at radius 3 is 1.09 bits per heavy atom. The van der Waals surface area contributed by atoms with Crippen molar-refractivity contribution in [2.24, 2.45) is 0 Å². The van der Waals surface area contributed by atoms with E-state index in [1.54, 1.807) is 60.7 Å². The van der Waals surface area contributed by atoms with Crippen LogP contribution in [0.4, 0.5) is 4.79 Å². The van der Waals surface area contributed by atoms with E-state index in [0.29, 0.717) is 79.4 Å². The van der Waals surface area contributed by atoms with Crippen LogP contribution in [0, 0.1) is 0 Å². The highest BCUT2D eigenvalue weighted by Crippen LogP contribution is 2.37. The predicted molar refractivity (Wildman–Crippen MR) is 216 cm³/mol. The normalized spacial score (nSPS) is 11.6. The first-order chi connectivity index (χ1) is 27.7. The Morgan fingerprint density at radius 1 is 0.466 bits per heavy atom. The van der Waals surface area contributed by atoms with Crippen molar-refractivity contribution in [1.82, 2.24) is 0 Å². The van der Waals surface area contributed by atoms with Crippen LogP contribution in [-0.2, 0) is 53.9 Å². The molecule has 15 nitrogen and oxygen atoms in total. The molecule has 0 amide bonds. The van der Waals surface area contributed by atoms with Crippen LogP contribution in [0.1, 0.15) is 33.4 Å². The van der Waals surface area contributed by atoms with E-state index in [2.05, 4.69) is 0 Å². The molecule has 0 fully saturated rings. The first kappa shape index (κ1) is 44.6. The molecule has 0 aliphatic carbocycles. The summed E-state index contributed by atoms with van der Waals surface area (Å²) in [6, 6.07) is 15.8. The summed E-state index contributed by atoms with van der Waals surface area (Å²) < 4.78 is 106. The van der Waals surface area contributed by atoms with Crippen LogP contribution in [0.15, 0.2) is 71.5 Å². The van der Waals surface area contributed by atoms with E-state index < -0.39 is 25.8 Å². The zero-order valence-corrected chi connectivity index (χ0v) is 35.0. The monoisotopic (exact) mass is 842 g/mol. The second kappa shape index (κ2) is 20.4. The van der Waals surface area contributed by atoms with Crippen LogP contribution in [0.5, 0.6) is 46.0 Å². The number of methoxy groups -OCH3 is 8.